The Morgan fingerprint density at radius 1 is 1.17 bits per heavy atom. The van der Waals surface area contributed by atoms with Crippen LogP contribution in [0.1, 0.15) is 16.1 Å². The van der Waals surface area contributed by atoms with Gasteiger partial charge in [0, 0.05) is 6.20 Å². The Labute approximate surface area is 139 Å². The smallest absolute Gasteiger partial charge is 0.270 e. The number of hydrogen-bond donors (Lipinski definition) is 1. The van der Waals surface area contributed by atoms with Crippen molar-refractivity contribution in [3.05, 3.63) is 78.5 Å². The largest absolute Gasteiger partial charge is 0.341 e. The molecule has 0 aliphatic rings. The van der Waals surface area contributed by atoms with E-state index in [0.29, 0.717) is 17.9 Å². The zero-order valence-corrected chi connectivity index (χ0v) is 12.9. The van der Waals surface area contributed by atoms with Crippen LogP contribution in [0.15, 0.2) is 67.3 Å². The van der Waals surface area contributed by atoms with Gasteiger partial charge in [-0.3, -0.25) is 9.36 Å². The third-order valence-electron chi connectivity index (χ3n) is 3.55. The van der Waals surface area contributed by atoms with Gasteiger partial charge in [-0.2, -0.15) is 0 Å². The minimum atomic E-state index is -0.605. The second kappa shape index (κ2) is 7.32. The molecule has 2 heterocycles. The third-order valence-corrected chi connectivity index (χ3v) is 3.55. The number of aromatic nitrogens is 3. The van der Waals surface area contributed by atoms with Crippen LogP contribution in [0.5, 0.6) is 0 Å². The van der Waals surface area contributed by atoms with Crippen molar-refractivity contribution in [1.29, 1.82) is 0 Å². The van der Waals surface area contributed by atoms with E-state index in [9.17, 15) is 9.59 Å². The SMILES string of the molecule is O=C[C@H](Cc1ccccc1)NC(=O)c1cncn1-c1ccccn1. The molecule has 0 fully saturated rings. The molecule has 0 spiro atoms. The lowest BCUT2D eigenvalue weighted by Crippen LogP contribution is -2.38. The van der Waals surface area contributed by atoms with E-state index in [2.05, 4.69) is 15.3 Å². The second-order valence-electron chi connectivity index (χ2n) is 5.24. The van der Waals surface area contributed by atoms with Crippen LogP contribution in [-0.2, 0) is 11.2 Å². The molecule has 1 N–H and O–H groups in total. The quantitative estimate of drug-likeness (QED) is 0.703. The average molecular weight is 320 g/mol. The van der Waals surface area contributed by atoms with Gasteiger partial charge >= 0.3 is 0 Å². The Bertz CT molecular complexity index is 815. The van der Waals surface area contributed by atoms with Gasteiger partial charge in [-0.25, -0.2) is 9.97 Å². The van der Waals surface area contributed by atoms with Crippen molar-refractivity contribution in [2.45, 2.75) is 12.5 Å². The first-order valence-electron chi connectivity index (χ1n) is 7.52. The summed E-state index contributed by atoms with van der Waals surface area (Å²) in [5, 5.41) is 2.73. The molecular formula is C18H16N4O2. The zero-order chi connectivity index (χ0) is 16.8. The number of nitrogens with one attached hydrogen (secondary N) is 1. The fraction of sp³-hybridized carbons (Fsp3) is 0.111. The molecule has 0 saturated heterocycles. The molecule has 120 valence electrons. The molecule has 0 radical (unpaired) electrons. The highest BCUT2D eigenvalue weighted by Gasteiger charge is 2.18. The highest BCUT2D eigenvalue weighted by atomic mass is 16.2. The first-order valence-corrected chi connectivity index (χ1v) is 7.52. The monoisotopic (exact) mass is 320 g/mol. The lowest BCUT2D eigenvalue weighted by molar-refractivity contribution is -0.109. The molecule has 6 nitrogen and oxygen atoms in total. The Morgan fingerprint density at radius 2 is 1.96 bits per heavy atom. The number of pyridine rings is 1. The van der Waals surface area contributed by atoms with Crippen LogP contribution >= 0.6 is 0 Å². The van der Waals surface area contributed by atoms with Crippen molar-refractivity contribution < 1.29 is 9.59 Å². The molecule has 0 aliphatic heterocycles. The molecule has 0 unspecified atom stereocenters. The molecular weight excluding hydrogens is 304 g/mol. The molecule has 1 atom stereocenters. The van der Waals surface area contributed by atoms with Crippen molar-refractivity contribution in [3.63, 3.8) is 0 Å². The Kier molecular flexibility index (Phi) is 4.76. The van der Waals surface area contributed by atoms with Gasteiger partial charge in [0.05, 0.1) is 12.2 Å². The van der Waals surface area contributed by atoms with E-state index < -0.39 is 6.04 Å². The van der Waals surface area contributed by atoms with Gasteiger partial charge in [-0.05, 0) is 24.1 Å². The number of aldehydes is 1. The fourth-order valence-corrected chi connectivity index (χ4v) is 2.39. The lowest BCUT2D eigenvalue weighted by atomic mass is 10.1. The van der Waals surface area contributed by atoms with Crippen LogP contribution in [0.2, 0.25) is 0 Å². The van der Waals surface area contributed by atoms with Gasteiger partial charge in [0.2, 0.25) is 0 Å². The molecule has 3 aromatic rings. The summed E-state index contributed by atoms with van der Waals surface area (Å²) < 4.78 is 1.58. The van der Waals surface area contributed by atoms with Crippen molar-refractivity contribution in [2.75, 3.05) is 0 Å². The maximum atomic E-state index is 12.5. The van der Waals surface area contributed by atoms with Crippen LogP contribution in [0.4, 0.5) is 0 Å². The zero-order valence-electron chi connectivity index (χ0n) is 12.9. The molecule has 2 aromatic heterocycles. The predicted octanol–water partition coefficient (Wildman–Crippen LogP) is 1.81. The fourth-order valence-electron chi connectivity index (χ4n) is 2.39. The minimum Gasteiger partial charge on any atom is -0.341 e. The first-order chi connectivity index (χ1) is 11.8. The standard InChI is InChI=1S/C18H16N4O2/c23-12-15(10-14-6-2-1-3-7-14)21-18(24)16-11-19-13-22(16)17-8-4-5-9-20-17/h1-9,11-13,15H,10H2,(H,21,24)/t15-/m0/s1. The summed E-state index contributed by atoms with van der Waals surface area (Å²) in [5.74, 6) is 0.219. The van der Waals surface area contributed by atoms with Gasteiger partial charge in [-0.1, -0.05) is 36.4 Å². The summed E-state index contributed by atoms with van der Waals surface area (Å²) >= 11 is 0. The molecule has 3 rings (SSSR count). The predicted molar refractivity (Wildman–Crippen MR) is 88.8 cm³/mol. The van der Waals surface area contributed by atoms with E-state index >= 15 is 0 Å². The Hall–Kier alpha value is -3.28. The molecule has 1 aromatic carbocycles. The number of carbonyl (C=O) groups is 2. The summed E-state index contributed by atoms with van der Waals surface area (Å²) in [6, 6.07) is 14.3. The van der Waals surface area contributed by atoms with Gasteiger partial charge in [0.25, 0.3) is 5.91 Å². The summed E-state index contributed by atoms with van der Waals surface area (Å²) in [6.45, 7) is 0. The number of carbonyl (C=O) groups excluding carboxylic acids is 2. The maximum Gasteiger partial charge on any atom is 0.270 e. The van der Waals surface area contributed by atoms with Crippen molar-refractivity contribution in [1.82, 2.24) is 19.9 Å². The van der Waals surface area contributed by atoms with Crippen LogP contribution < -0.4 is 5.32 Å². The number of imidazole rings is 1. The Morgan fingerprint density at radius 3 is 2.67 bits per heavy atom. The van der Waals surface area contributed by atoms with Gasteiger partial charge in [-0.15, -0.1) is 0 Å². The van der Waals surface area contributed by atoms with Crippen molar-refractivity contribution >= 4 is 12.2 Å². The van der Waals surface area contributed by atoms with Gasteiger partial charge < -0.3 is 10.1 Å². The summed E-state index contributed by atoms with van der Waals surface area (Å²) in [4.78, 5) is 32.0. The highest BCUT2D eigenvalue weighted by molar-refractivity contribution is 5.94. The summed E-state index contributed by atoms with van der Waals surface area (Å²) in [6.07, 6.45) is 5.79. The second-order valence-corrected chi connectivity index (χ2v) is 5.24. The van der Waals surface area contributed by atoms with E-state index in [0.717, 1.165) is 11.8 Å². The molecule has 6 heteroatoms. The van der Waals surface area contributed by atoms with Crippen LogP contribution in [0.3, 0.4) is 0 Å². The normalized spacial score (nSPS) is 11.7. The van der Waals surface area contributed by atoms with Crippen LogP contribution in [-0.4, -0.2) is 32.8 Å². The number of amides is 1. The molecule has 0 bridgehead atoms. The van der Waals surface area contributed by atoms with E-state index in [1.807, 2.05) is 36.4 Å². The van der Waals surface area contributed by atoms with E-state index in [1.54, 1.807) is 22.9 Å². The van der Waals surface area contributed by atoms with E-state index in [4.69, 9.17) is 0 Å². The number of nitrogens with zero attached hydrogens (tertiary/aromatic N) is 3. The van der Waals surface area contributed by atoms with Crippen LogP contribution in [0.25, 0.3) is 5.82 Å². The van der Waals surface area contributed by atoms with Crippen molar-refractivity contribution in [3.8, 4) is 5.82 Å². The summed E-state index contributed by atoms with van der Waals surface area (Å²) in [7, 11) is 0. The lowest BCUT2D eigenvalue weighted by Gasteiger charge is -2.13. The topological polar surface area (TPSA) is 76.9 Å². The molecule has 0 saturated carbocycles. The molecule has 0 aliphatic carbocycles. The van der Waals surface area contributed by atoms with E-state index in [-0.39, 0.29) is 5.91 Å². The summed E-state index contributed by atoms with van der Waals surface area (Å²) in [5.41, 5.74) is 1.31. The van der Waals surface area contributed by atoms with E-state index in [1.165, 1.54) is 12.5 Å². The molecule has 1 amide bonds. The average Bonchev–Trinajstić information content (AvgIpc) is 3.12. The Balaban J connectivity index is 1.75. The van der Waals surface area contributed by atoms with Gasteiger partial charge in [0.15, 0.2) is 0 Å². The first kappa shape index (κ1) is 15.6. The number of rotatable bonds is 6. The number of hydrogen-bond acceptors (Lipinski definition) is 4. The molecule has 24 heavy (non-hydrogen) atoms. The minimum absolute atomic E-state index is 0.327. The highest BCUT2D eigenvalue weighted by Crippen LogP contribution is 2.09. The van der Waals surface area contributed by atoms with Crippen molar-refractivity contribution in [2.24, 2.45) is 0 Å². The van der Waals surface area contributed by atoms with Gasteiger partial charge in [0.1, 0.15) is 24.1 Å². The number of benzene rings is 1. The third kappa shape index (κ3) is 3.55. The maximum absolute atomic E-state index is 12.5. The van der Waals surface area contributed by atoms with Crippen LogP contribution in [0, 0.1) is 0 Å².